The first-order valence-corrected chi connectivity index (χ1v) is 6.40. The summed E-state index contributed by atoms with van der Waals surface area (Å²) in [5.41, 5.74) is 0.484. The van der Waals surface area contributed by atoms with Crippen molar-refractivity contribution in [2.45, 2.75) is 33.1 Å². The van der Waals surface area contributed by atoms with Crippen molar-refractivity contribution in [2.24, 2.45) is 5.41 Å². The molecule has 2 rings (SSSR count). The summed E-state index contributed by atoms with van der Waals surface area (Å²) in [6.45, 7) is 6.19. The molecule has 0 radical (unpaired) electrons. The van der Waals surface area contributed by atoms with Gasteiger partial charge in [-0.2, -0.15) is 0 Å². The Balaban J connectivity index is 2.17. The van der Waals surface area contributed by atoms with Crippen molar-refractivity contribution in [2.75, 3.05) is 18.0 Å². The molecule has 0 spiro atoms. The van der Waals surface area contributed by atoms with Gasteiger partial charge in [0.05, 0.1) is 4.92 Å². The lowest BCUT2D eigenvalue weighted by atomic mass is 9.78. The van der Waals surface area contributed by atoms with Gasteiger partial charge >= 0.3 is 5.69 Å². The largest absolute Gasteiger partial charge is 0.351 e. The smallest absolute Gasteiger partial charge is 0.311 e. The summed E-state index contributed by atoms with van der Waals surface area (Å²) < 4.78 is 0. The summed E-state index contributed by atoms with van der Waals surface area (Å²) in [7, 11) is 0. The van der Waals surface area contributed by atoms with Gasteiger partial charge in [0.2, 0.25) is 5.82 Å². The van der Waals surface area contributed by atoms with Crippen LogP contribution in [0.4, 0.5) is 11.5 Å². The van der Waals surface area contributed by atoms with E-state index in [-0.39, 0.29) is 10.6 Å². The highest BCUT2D eigenvalue weighted by molar-refractivity contribution is 5.57. The molecule has 0 aliphatic carbocycles. The molecule has 0 saturated carbocycles. The van der Waals surface area contributed by atoms with Crippen LogP contribution >= 0.6 is 0 Å². The van der Waals surface area contributed by atoms with E-state index in [4.69, 9.17) is 0 Å². The lowest BCUT2D eigenvalue weighted by Crippen LogP contribution is -2.39. The molecule has 2 heterocycles. The summed E-state index contributed by atoms with van der Waals surface area (Å²) in [6, 6.07) is 3.14. The zero-order valence-electron chi connectivity index (χ0n) is 10.9. The molecule has 0 N–H and O–H groups in total. The van der Waals surface area contributed by atoms with Crippen LogP contribution < -0.4 is 4.90 Å². The van der Waals surface area contributed by atoms with Crippen molar-refractivity contribution in [1.82, 2.24) is 4.98 Å². The highest BCUT2D eigenvalue weighted by Gasteiger charge is 2.31. The van der Waals surface area contributed by atoms with Gasteiger partial charge < -0.3 is 4.90 Å². The van der Waals surface area contributed by atoms with E-state index < -0.39 is 0 Å². The van der Waals surface area contributed by atoms with E-state index in [0.29, 0.717) is 11.2 Å². The monoisotopic (exact) mass is 249 g/mol. The lowest BCUT2D eigenvalue weighted by Gasteiger charge is -2.39. The third-order valence-corrected chi connectivity index (χ3v) is 4.09. The van der Waals surface area contributed by atoms with Crippen molar-refractivity contribution >= 4 is 11.5 Å². The Morgan fingerprint density at radius 3 is 2.72 bits per heavy atom. The van der Waals surface area contributed by atoms with E-state index in [1.54, 1.807) is 12.3 Å². The average Bonchev–Trinajstić information content (AvgIpc) is 2.39. The molecule has 1 saturated heterocycles. The molecule has 1 aliphatic heterocycles. The van der Waals surface area contributed by atoms with E-state index in [1.807, 2.05) is 4.90 Å². The highest BCUT2D eigenvalue weighted by atomic mass is 16.6. The summed E-state index contributed by atoms with van der Waals surface area (Å²) in [5, 5.41) is 11.0. The van der Waals surface area contributed by atoms with Crippen LogP contribution in [0, 0.1) is 15.5 Å². The predicted molar refractivity (Wildman–Crippen MR) is 70.7 cm³/mol. The van der Waals surface area contributed by atoms with Gasteiger partial charge in [-0.3, -0.25) is 10.1 Å². The fraction of sp³-hybridized carbons (Fsp3) is 0.615. The van der Waals surface area contributed by atoms with Crippen LogP contribution in [-0.2, 0) is 0 Å². The van der Waals surface area contributed by atoms with Crippen LogP contribution in [-0.4, -0.2) is 23.0 Å². The van der Waals surface area contributed by atoms with Crippen molar-refractivity contribution < 1.29 is 4.92 Å². The van der Waals surface area contributed by atoms with Gasteiger partial charge in [-0.25, -0.2) is 4.98 Å². The molecule has 1 aromatic heterocycles. The second-order valence-electron chi connectivity index (χ2n) is 5.25. The molecule has 0 bridgehead atoms. The minimum absolute atomic E-state index is 0.109. The molecule has 1 aromatic rings. The highest BCUT2D eigenvalue weighted by Crippen LogP contribution is 2.37. The summed E-state index contributed by atoms with van der Waals surface area (Å²) in [6.07, 6.45) is 4.91. The van der Waals surface area contributed by atoms with Crippen LogP contribution in [0.15, 0.2) is 18.3 Å². The van der Waals surface area contributed by atoms with Crippen molar-refractivity contribution in [3.05, 3.63) is 28.4 Å². The van der Waals surface area contributed by atoms with Crippen LogP contribution in [0.5, 0.6) is 0 Å². The fourth-order valence-electron chi connectivity index (χ4n) is 2.39. The van der Waals surface area contributed by atoms with Gasteiger partial charge in [0, 0.05) is 25.4 Å². The van der Waals surface area contributed by atoms with Crippen LogP contribution in [0.1, 0.15) is 33.1 Å². The Morgan fingerprint density at radius 2 is 2.17 bits per heavy atom. The van der Waals surface area contributed by atoms with Gasteiger partial charge in [0.15, 0.2) is 0 Å². The molecule has 0 atom stereocenters. The molecule has 0 amide bonds. The zero-order chi connectivity index (χ0) is 13.2. The number of pyridine rings is 1. The molecule has 5 nitrogen and oxygen atoms in total. The van der Waals surface area contributed by atoms with E-state index in [2.05, 4.69) is 18.8 Å². The molecule has 5 heteroatoms. The van der Waals surface area contributed by atoms with Gasteiger partial charge in [0.1, 0.15) is 0 Å². The summed E-state index contributed by atoms with van der Waals surface area (Å²) in [4.78, 5) is 16.9. The number of piperidine rings is 1. The Labute approximate surface area is 107 Å². The van der Waals surface area contributed by atoms with Gasteiger partial charge in [-0.15, -0.1) is 0 Å². The molecule has 18 heavy (non-hydrogen) atoms. The molecule has 1 aliphatic rings. The van der Waals surface area contributed by atoms with Gasteiger partial charge in [-0.1, -0.05) is 20.3 Å². The predicted octanol–water partition coefficient (Wildman–Crippen LogP) is 3.01. The number of nitrogens with zero attached hydrogens (tertiary/aromatic N) is 3. The third kappa shape index (κ3) is 2.44. The van der Waals surface area contributed by atoms with Crippen molar-refractivity contribution in [3.63, 3.8) is 0 Å². The molecule has 0 aromatic carbocycles. The lowest BCUT2D eigenvalue weighted by molar-refractivity contribution is -0.384. The molecule has 1 fully saturated rings. The maximum absolute atomic E-state index is 11.0. The molecule has 0 unspecified atom stereocenters. The Hall–Kier alpha value is -1.65. The number of hydrogen-bond donors (Lipinski definition) is 0. The van der Waals surface area contributed by atoms with Gasteiger partial charge in [0.25, 0.3) is 0 Å². The second-order valence-corrected chi connectivity index (χ2v) is 5.25. The maximum atomic E-state index is 11.0. The number of nitro groups is 1. The Kier molecular flexibility index (Phi) is 3.50. The zero-order valence-corrected chi connectivity index (χ0v) is 10.9. The van der Waals surface area contributed by atoms with Crippen molar-refractivity contribution in [3.8, 4) is 0 Å². The van der Waals surface area contributed by atoms with E-state index in [0.717, 1.165) is 32.4 Å². The van der Waals surface area contributed by atoms with Crippen LogP contribution in [0.2, 0.25) is 0 Å². The van der Waals surface area contributed by atoms with Crippen molar-refractivity contribution in [1.29, 1.82) is 0 Å². The number of aromatic nitrogens is 1. The SMILES string of the molecule is CCC1(C)CCN(c2ncccc2[N+](=O)[O-])CC1. The molecular formula is C13H19N3O2. The first-order valence-electron chi connectivity index (χ1n) is 6.40. The van der Waals surface area contributed by atoms with E-state index in [9.17, 15) is 10.1 Å². The van der Waals surface area contributed by atoms with E-state index >= 15 is 0 Å². The number of rotatable bonds is 3. The topological polar surface area (TPSA) is 59.3 Å². The average molecular weight is 249 g/mol. The molecule has 98 valence electrons. The second kappa shape index (κ2) is 4.92. The first kappa shape index (κ1) is 12.8. The minimum Gasteiger partial charge on any atom is -0.351 e. The third-order valence-electron chi connectivity index (χ3n) is 4.09. The van der Waals surface area contributed by atoms with Crippen LogP contribution in [0.25, 0.3) is 0 Å². The minimum atomic E-state index is -0.351. The standard InChI is InChI=1S/C13H19N3O2/c1-3-13(2)6-9-15(10-7-13)12-11(16(17)18)5-4-8-14-12/h4-5,8H,3,6-7,9-10H2,1-2H3. The summed E-state index contributed by atoms with van der Waals surface area (Å²) in [5.74, 6) is 0.514. The quantitative estimate of drug-likeness (QED) is 0.610. The fourth-order valence-corrected chi connectivity index (χ4v) is 2.39. The molecular weight excluding hydrogens is 230 g/mol. The normalized spacial score (nSPS) is 18.7. The van der Waals surface area contributed by atoms with Gasteiger partial charge in [-0.05, 0) is 24.3 Å². The Morgan fingerprint density at radius 1 is 1.50 bits per heavy atom. The first-order chi connectivity index (χ1) is 8.56. The summed E-state index contributed by atoms with van der Waals surface area (Å²) >= 11 is 0. The number of hydrogen-bond acceptors (Lipinski definition) is 4. The van der Waals surface area contributed by atoms with Crippen LogP contribution in [0.3, 0.4) is 0 Å². The number of anilines is 1. The maximum Gasteiger partial charge on any atom is 0.311 e. The Bertz CT molecular complexity index is 440. The van der Waals surface area contributed by atoms with E-state index in [1.165, 1.54) is 6.07 Å².